The highest BCUT2D eigenvalue weighted by Crippen LogP contribution is 2.29. The third-order valence-corrected chi connectivity index (χ3v) is 5.87. The molecular weight excluding hydrogens is 420 g/mol. The molecule has 0 unspecified atom stereocenters. The summed E-state index contributed by atoms with van der Waals surface area (Å²) in [5.41, 5.74) is -0.0671. The first kappa shape index (κ1) is 24.1. The van der Waals surface area contributed by atoms with E-state index < -0.39 is 11.6 Å². The lowest BCUT2D eigenvalue weighted by Gasteiger charge is -2.20. The van der Waals surface area contributed by atoms with Gasteiger partial charge in [-0.2, -0.15) is 0 Å². The van der Waals surface area contributed by atoms with Gasteiger partial charge >= 0.3 is 0 Å². The summed E-state index contributed by atoms with van der Waals surface area (Å²) in [6.45, 7) is 2.87. The topological polar surface area (TPSA) is 72.7 Å². The lowest BCUT2D eigenvalue weighted by atomic mass is 9.98. The average Bonchev–Trinajstić information content (AvgIpc) is 3.33. The van der Waals surface area contributed by atoms with Gasteiger partial charge in [0.15, 0.2) is 0 Å². The summed E-state index contributed by atoms with van der Waals surface area (Å²) in [5.74, 6) is 0.182. The Morgan fingerprint density at radius 2 is 1.69 bits per heavy atom. The molecule has 0 N–H and O–H groups in total. The molecule has 1 saturated heterocycles. The van der Waals surface area contributed by atoms with Gasteiger partial charge in [0.2, 0.25) is 11.9 Å². The number of methoxy groups -OCH3 is 2. The van der Waals surface area contributed by atoms with E-state index in [0.29, 0.717) is 44.6 Å². The van der Waals surface area contributed by atoms with Gasteiger partial charge in [-0.05, 0) is 12.1 Å². The quantitative estimate of drug-likeness (QED) is 0.550. The predicted molar refractivity (Wildman–Crippen MR) is 115 cm³/mol. The van der Waals surface area contributed by atoms with Crippen molar-refractivity contribution in [3.63, 3.8) is 0 Å². The van der Waals surface area contributed by atoms with Crippen molar-refractivity contribution in [1.82, 2.24) is 19.7 Å². The summed E-state index contributed by atoms with van der Waals surface area (Å²) >= 11 is 0. The van der Waals surface area contributed by atoms with Crippen LogP contribution >= 0.6 is 0 Å². The summed E-state index contributed by atoms with van der Waals surface area (Å²) in [6, 6.07) is 3.78. The predicted octanol–water partition coefficient (Wildman–Crippen LogP) is 1.97. The van der Waals surface area contributed by atoms with Crippen molar-refractivity contribution in [2.24, 2.45) is 11.8 Å². The Morgan fingerprint density at radius 3 is 2.22 bits per heavy atom. The zero-order valence-corrected chi connectivity index (χ0v) is 19.1. The van der Waals surface area contributed by atoms with Crippen molar-refractivity contribution >= 4 is 11.9 Å². The fourth-order valence-corrected chi connectivity index (χ4v) is 4.12. The number of amides is 1. The lowest BCUT2D eigenvalue weighted by molar-refractivity contribution is -0.128. The number of nitrogens with zero attached hydrogens (tertiary/aromatic N) is 5. The van der Waals surface area contributed by atoms with Crippen LogP contribution in [0.3, 0.4) is 0 Å². The number of rotatable bonds is 10. The van der Waals surface area contributed by atoms with E-state index in [1.54, 1.807) is 32.9 Å². The molecule has 0 radical (unpaired) electrons. The molecule has 8 nitrogen and oxygen atoms in total. The second-order valence-electron chi connectivity index (χ2n) is 8.32. The molecule has 2 atom stereocenters. The highest BCUT2D eigenvalue weighted by atomic mass is 19.1. The Balaban J connectivity index is 1.91. The second kappa shape index (κ2) is 10.8. The van der Waals surface area contributed by atoms with Crippen LogP contribution in [0, 0.1) is 23.5 Å². The number of hydrogen-bond donors (Lipinski definition) is 0. The van der Waals surface area contributed by atoms with Gasteiger partial charge in [-0.3, -0.25) is 9.36 Å². The highest BCUT2D eigenvalue weighted by molar-refractivity contribution is 5.75. The molecule has 2 aromatic rings. The smallest absolute Gasteiger partial charge is 0.227 e. The van der Waals surface area contributed by atoms with E-state index in [1.165, 1.54) is 23.1 Å². The van der Waals surface area contributed by atoms with Crippen LogP contribution < -0.4 is 4.90 Å². The maximum atomic E-state index is 14.3. The van der Waals surface area contributed by atoms with Crippen LogP contribution in [0.5, 0.6) is 0 Å². The van der Waals surface area contributed by atoms with Crippen molar-refractivity contribution < 1.29 is 23.0 Å². The Labute approximate surface area is 187 Å². The van der Waals surface area contributed by atoms with Gasteiger partial charge in [-0.25, -0.2) is 8.78 Å². The second-order valence-corrected chi connectivity index (χ2v) is 8.32. The van der Waals surface area contributed by atoms with E-state index in [4.69, 9.17) is 9.47 Å². The van der Waals surface area contributed by atoms with Crippen LogP contribution in [-0.4, -0.2) is 80.2 Å². The molecule has 2 heterocycles. The molecule has 32 heavy (non-hydrogen) atoms. The fourth-order valence-electron chi connectivity index (χ4n) is 4.12. The SMILES string of the molecule is COC[C@@H]1CN(c2nnc(Cc3c(F)cccc3F)n2CCC(=O)N(C)C)C[C@@H]1COC. The van der Waals surface area contributed by atoms with Gasteiger partial charge in [0.05, 0.1) is 13.2 Å². The van der Waals surface area contributed by atoms with E-state index in [0.717, 1.165) is 0 Å². The number of anilines is 1. The van der Waals surface area contributed by atoms with Crippen molar-refractivity contribution in [2.75, 3.05) is 59.5 Å². The standard InChI is InChI=1S/C22H31F2N5O3/c1-27(2)21(30)8-9-29-20(10-17-18(23)6-5-7-19(17)24)25-26-22(29)28-11-15(13-31-3)16(12-28)14-32-4/h5-7,15-16H,8-14H2,1-4H3/t15-,16+. The van der Waals surface area contributed by atoms with E-state index in [-0.39, 0.29) is 36.1 Å². The molecule has 0 aliphatic carbocycles. The summed E-state index contributed by atoms with van der Waals surface area (Å²) in [4.78, 5) is 15.8. The first-order chi connectivity index (χ1) is 15.3. The lowest BCUT2D eigenvalue weighted by Crippen LogP contribution is -2.27. The Bertz CT molecular complexity index is 887. The van der Waals surface area contributed by atoms with Crippen molar-refractivity contribution in [2.45, 2.75) is 19.4 Å². The van der Waals surface area contributed by atoms with Crippen LogP contribution in [0.15, 0.2) is 18.2 Å². The van der Waals surface area contributed by atoms with Crippen LogP contribution in [0.1, 0.15) is 17.8 Å². The number of carbonyl (C=O) groups is 1. The molecule has 1 amide bonds. The van der Waals surface area contributed by atoms with Crippen molar-refractivity contribution in [1.29, 1.82) is 0 Å². The van der Waals surface area contributed by atoms with Gasteiger partial charge in [-0.1, -0.05) is 6.07 Å². The number of carbonyl (C=O) groups excluding carboxylic acids is 1. The Kier molecular flexibility index (Phi) is 8.14. The minimum atomic E-state index is -0.632. The highest BCUT2D eigenvalue weighted by Gasteiger charge is 2.35. The van der Waals surface area contributed by atoms with E-state index >= 15 is 0 Å². The molecule has 0 spiro atoms. The number of hydrogen-bond acceptors (Lipinski definition) is 6. The molecule has 176 valence electrons. The van der Waals surface area contributed by atoms with E-state index in [9.17, 15) is 13.6 Å². The van der Waals surface area contributed by atoms with Gasteiger partial charge < -0.3 is 19.3 Å². The minimum Gasteiger partial charge on any atom is -0.384 e. The number of benzene rings is 1. The number of ether oxygens (including phenoxy) is 2. The molecule has 1 aromatic carbocycles. The van der Waals surface area contributed by atoms with Crippen LogP contribution in [-0.2, 0) is 27.2 Å². The summed E-state index contributed by atoms with van der Waals surface area (Å²) in [5, 5.41) is 8.61. The van der Waals surface area contributed by atoms with Gasteiger partial charge in [-0.15, -0.1) is 10.2 Å². The first-order valence-electron chi connectivity index (χ1n) is 10.6. The maximum absolute atomic E-state index is 14.3. The van der Waals surface area contributed by atoms with Crippen LogP contribution in [0.25, 0.3) is 0 Å². The zero-order chi connectivity index (χ0) is 23.3. The normalized spacial score (nSPS) is 18.4. The largest absolute Gasteiger partial charge is 0.384 e. The molecular formula is C22H31F2N5O3. The van der Waals surface area contributed by atoms with Crippen LogP contribution in [0.2, 0.25) is 0 Å². The van der Waals surface area contributed by atoms with E-state index in [2.05, 4.69) is 15.1 Å². The van der Waals surface area contributed by atoms with E-state index in [1.807, 2.05) is 0 Å². The average molecular weight is 452 g/mol. The van der Waals surface area contributed by atoms with Gasteiger partial charge in [0.1, 0.15) is 17.5 Å². The Morgan fingerprint density at radius 1 is 1.09 bits per heavy atom. The zero-order valence-electron chi connectivity index (χ0n) is 19.1. The molecule has 10 heteroatoms. The Hall–Kier alpha value is -2.59. The minimum absolute atomic E-state index is 0.0522. The van der Waals surface area contributed by atoms with Crippen molar-refractivity contribution in [3.05, 3.63) is 41.2 Å². The van der Waals surface area contributed by atoms with Crippen LogP contribution in [0.4, 0.5) is 14.7 Å². The number of aromatic nitrogens is 3. The fraction of sp³-hybridized carbons (Fsp3) is 0.591. The third-order valence-electron chi connectivity index (χ3n) is 5.87. The third kappa shape index (κ3) is 5.42. The molecule has 0 bridgehead atoms. The number of halogens is 2. The maximum Gasteiger partial charge on any atom is 0.227 e. The molecule has 1 fully saturated rings. The molecule has 0 saturated carbocycles. The first-order valence-corrected chi connectivity index (χ1v) is 10.6. The van der Waals surface area contributed by atoms with Gasteiger partial charge in [0, 0.05) is 78.2 Å². The molecule has 1 aromatic heterocycles. The summed E-state index contributed by atoms with van der Waals surface area (Å²) < 4.78 is 41.1. The van der Waals surface area contributed by atoms with Gasteiger partial charge in [0.25, 0.3) is 0 Å². The molecule has 3 rings (SSSR count). The summed E-state index contributed by atoms with van der Waals surface area (Å²) in [7, 11) is 6.72. The summed E-state index contributed by atoms with van der Waals surface area (Å²) in [6.07, 6.45) is 0.167. The molecule has 1 aliphatic rings. The monoisotopic (exact) mass is 451 g/mol. The molecule has 1 aliphatic heterocycles. The van der Waals surface area contributed by atoms with Crippen molar-refractivity contribution in [3.8, 4) is 0 Å².